The Morgan fingerprint density at radius 3 is 2.83 bits per heavy atom. The van der Waals surface area contributed by atoms with Gasteiger partial charge in [0.05, 0.1) is 12.3 Å². The first-order valence-corrected chi connectivity index (χ1v) is 11.1. The number of benzene rings is 2. The smallest absolute Gasteiger partial charge is 0.227 e. The summed E-state index contributed by atoms with van der Waals surface area (Å²) < 4.78 is 10.8. The highest BCUT2D eigenvalue weighted by Gasteiger charge is 2.24. The van der Waals surface area contributed by atoms with E-state index in [-0.39, 0.29) is 5.91 Å². The minimum atomic E-state index is 0.0815. The topological polar surface area (TPSA) is 68.5 Å². The predicted octanol–water partition coefficient (Wildman–Crippen LogP) is 4.99. The highest BCUT2D eigenvalue weighted by atomic mass is 32.2. The van der Waals surface area contributed by atoms with Gasteiger partial charge in [-0.3, -0.25) is 4.79 Å². The van der Waals surface area contributed by atoms with Crippen molar-refractivity contribution in [1.82, 2.24) is 10.1 Å². The number of amides is 1. The summed E-state index contributed by atoms with van der Waals surface area (Å²) >= 11 is 1.83. The molecule has 0 aliphatic carbocycles. The van der Waals surface area contributed by atoms with E-state index >= 15 is 0 Å². The molecule has 3 aromatic rings. The van der Waals surface area contributed by atoms with Gasteiger partial charge in [0.15, 0.2) is 0 Å². The van der Waals surface area contributed by atoms with Crippen molar-refractivity contribution >= 4 is 23.4 Å². The lowest BCUT2D eigenvalue weighted by Gasteiger charge is -2.22. The Bertz CT molecular complexity index is 1000. The van der Waals surface area contributed by atoms with Crippen LogP contribution >= 0.6 is 11.8 Å². The number of aryl methyl sites for hydroxylation is 1. The van der Waals surface area contributed by atoms with Crippen molar-refractivity contribution in [2.45, 2.75) is 43.3 Å². The van der Waals surface area contributed by atoms with Gasteiger partial charge in [-0.1, -0.05) is 24.2 Å². The molecule has 2 aromatic carbocycles. The van der Waals surface area contributed by atoms with E-state index in [4.69, 9.17) is 9.26 Å². The molecule has 30 heavy (non-hydrogen) atoms. The second kappa shape index (κ2) is 9.34. The Balaban J connectivity index is 1.41. The SMILES string of the molecule is CCOc1ccc(-c2noc(CCC(=O)N3CCC(C)Sc4ccccc43)n2)cc1. The van der Waals surface area contributed by atoms with Gasteiger partial charge in [0, 0.05) is 35.1 Å². The van der Waals surface area contributed by atoms with Gasteiger partial charge in [-0.2, -0.15) is 4.98 Å². The number of thioether (sulfide) groups is 1. The van der Waals surface area contributed by atoms with Crippen LogP contribution in [0.5, 0.6) is 5.75 Å². The predicted molar refractivity (Wildman–Crippen MR) is 118 cm³/mol. The maximum absolute atomic E-state index is 13.0. The minimum absolute atomic E-state index is 0.0815. The summed E-state index contributed by atoms with van der Waals surface area (Å²) in [5, 5.41) is 4.54. The second-order valence-electron chi connectivity index (χ2n) is 7.20. The zero-order valence-corrected chi connectivity index (χ0v) is 18.0. The van der Waals surface area contributed by atoms with E-state index < -0.39 is 0 Å². The molecule has 4 rings (SSSR count). The first kappa shape index (κ1) is 20.5. The van der Waals surface area contributed by atoms with Gasteiger partial charge >= 0.3 is 0 Å². The molecule has 1 unspecified atom stereocenters. The highest BCUT2D eigenvalue weighted by molar-refractivity contribution is 8.00. The number of carbonyl (C=O) groups excluding carboxylic acids is 1. The van der Waals surface area contributed by atoms with Crippen molar-refractivity contribution in [3.8, 4) is 17.1 Å². The molecule has 0 bridgehead atoms. The first-order valence-electron chi connectivity index (χ1n) is 10.3. The lowest BCUT2D eigenvalue weighted by atomic mass is 10.2. The van der Waals surface area contributed by atoms with E-state index in [0.29, 0.717) is 36.4 Å². The molecule has 0 fully saturated rings. The third-order valence-electron chi connectivity index (χ3n) is 4.99. The van der Waals surface area contributed by atoms with Gasteiger partial charge in [0.2, 0.25) is 17.6 Å². The summed E-state index contributed by atoms with van der Waals surface area (Å²) in [6.45, 7) is 5.50. The number of nitrogens with zero attached hydrogens (tertiary/aromatic N) is 3. The fourth-order valence-electron chi connectivity index (χ4n) is 3.44. The number of hydrogen-bond acceptors (Lipinski definition) is 6. The Kier molecular flexibility index (Phi) is 6.38. The molecule has 1 aliphatic rings. The fraction of sp³-hybridized carbons (Fsp3) is 0.348. The maximum Gasteiger partial charge on any atom is 0.227 e. The summed E-state index contributed by atoms with van der Waals surface area (Å²) in [4.78, 5) is 20.5. The van der Waals surface area contributed by atoms with E-state index in [1.54, 1.807) is 0 Å². The number of para-hydroxylation sites is 1. The average Bonchev–Trinajstić information content (AvgIpc) is 3.16. The zero-order chi connectivity index (χ0) is 20.9. The van der Waals surface area contributed by atoms with Crippen LogP contribution in [-0.4, -0.2) is 34.4 Å². The molecule has 1 aromatic heterocycles. The van der Waals surface area contributed by atoms with Crippen LogP contribution in [0.1, 0.15) is 32.6 Å². The summed E-state index contributed by atoms with van der Waals surface area (Å²) in [5.41, 5.74) is 1.85. The van der Waals surface area contributed by atoms with Crippen LogP contribution in [0.25, 0.3) is 11.4 Å². The van der Waals surface area contributed by atoms with Crippen LogP contribution in [0.4, 0.5) is 5.69 Å². The summed E-state index contributed by atoms with van der Waals surface area (Å²) in [7, 11) is 0. The number of hydrogen-bond donors (Lipinski definition) is 0. The van der Waals surface area contributed by atoms with Crippen molar-refractivity contribution in [3.05, 3.63) is 54.4 Å². The molecule has 0 radical (unpaired) electrons. The Morgan fingerprint density at radius 2 is 2.03 bits per heavy atom. The molecular weight excluding hydrogens is 398 g/mol. The van der Waals surface area contributed by atoms with Gasteiger partial charge < -0.3 is 14.2 Å². The van der Waals surface area contributed by atoms with Crippen LogP contribution in [0.2, 0.25) is 0 Å². The number of anilines is 1. The van der Waals surface area contributed by atoms with E-state index in [9.17, 15) is 4.79 Å². The zero-order valence-electron chi connectivity index (χ0n) is 17.2. The van der Waals surface area contributed by atoms with Crippen LogP contribution < -0.4 is 9.64 Å². The Morgan fingerprint density at radius 1 is 1.23 bits per heavy atom. The van der Waals surface area contributed by atoms with E-state index in [2.05, 4.69) is 23.1 Å². The largest absolute Gasteiger partial charge is 0.494 e. The summed E-state index contributed by atoms with van der Waals surface area (Å²) in [6, 6.07) is 15.7. The Labute approximate surface area is 180 Å². The van der Waals surface area contributed by atoms with Crippen LogP contribution in [0, 0.1) is 0 Å². The van der Waals surface area contributed by atoms with Crippen molar-refractivity contribution in [2.24, 2.45) is 0 Å². The summed E-state index contributed by atoms with van der Waals surface area (Å²) in [5.74, 6) is 1.88. The van der Waals surface area contributed by atoms with E-state index in [1.807, 2.05) is 66.1 Å². The molecular formula is C23H25N3O3S. The normalized spacial score (nSPS) is 16.1. The van der Waals surface area contributed by atoms with Gasteiger partial charge in [-0.05, 0) is 49.7 Å². The molecule has 6 nitrogen and oxygen atoms in total. The van der Waals surface area contributed by atoms with Crippen LogP contribution in [0.15, 0.2) is 57.9 Å². The van der Waals surface area contributed by atoms with Gasteiger partial charge in [-0.25, -0.2) is 0 Å². The number of carbonyl (C=O) groups is 1. The lowest BCUT2D eigenvalue weighted by Crippen LogP contribution is -2.32. The average molecular weight is 424 g/mol. The lowest BCUT2D eigenvalue weighted by molar-refractivity contribution is -0.118. The standard InChI is InChI=1S/C23H25N3O3S/c1-3-28-18-10-8-17(9-11-18)23-24-21(29-25-23)12-13-22(27)26-15-14-16(2)30-20-7-5-4-6-19(20)26/h4-11,16H,3,12-15H2,1-2H3. The third-order valence-corrected chi connectivity index (χ3v) is 6.23. The highest BCUT2D eigenvalue weighted by Crippen LogP contribution is 2.37. The van der Waals surface area contributed by atoms with E-state index in [1.165, 1.54) is 0 Å². The van der Waals surface area contributed by atoms with Gasteiger partial charge in [0.25, 0.3) is 0 Å². The third kappa shape index (κ3) is 4.67. The molecule has 0 spiro atoms. The maximum atomic E-state index is 13.0. The minimum Gasteiger partial charge on any atom is -0.494 e. The Hall–Kier alpha value is -2.80. The number of aromatic nitrogens is 2. The van der Waals surface area contributed by atoms with E-state index in [0.717, 1.165) is 34.9 Å². The first-order chi connectivity index (χ1) is 14.6. The second-order valence-corrected chi connectivity index (χ2v) is 8.68. The molecule has 7 heteroatoms. The number of fused-ring (bicyclic) bond motifs is 1. The fourth-order valence-corrected chi connectivity index (χ4v) is 4.55. The quantitative estimate of drug-likeness (QED) is 0.557. The van der Waals surface area contributed by atoms with Crippen LogP contribution in [-0.2, 0) is 11.2 Å². The monoisotopic (exact) mass is 423 g/mol. The van der Waals surface area contributed by atoms with Crippen molar-refractivity contribution in [1.29, 1.82) is 0 Å². The summed E-state index contributed by atoms with van der Waals surface area (Å²) in [6.07, 6.45) is 1.72. The van der Waals surface area contributed by atoms with Gasteiger partial charge in [-0.15, -0.1) is 11.8 Å². The molecule has 2 heterocycles. The molecule has 1 atom stereocenters. The molecule has 0 saturated carbocycles. The van der Waals surface area contributed by atoms with Crippen molar-refractivity contribution < 1.29 is 14.1 Å². The molecule has 0 N–H and O–H groups in total. The molecule has 156 valence electrons. The molecule has 1 amide bonds. The van der Waals surface area contributed by atoms with Gasteiger partial charge in [0.1, 0.15) is 5.75 Å². The van der Waals surface area contributed by atoms with Crippen molar-refractivity contribution in [2.75, 3.05) is 18.1 Å². The van der Waals surface area contributed by atoms with Crippen molar-refractivity contribution in [3.63, 3.8) is 0 Å². The molecule has 1 aliphatic heterocycles. The molecule has 0 saturated heterocycles. The number of ether oxygens (including phenoxy) is 1. The number of rotatable bonds is 6. The van der Waals surface area contributed by atoms with Crippen LogP contribution in [0.3, 0.4) is 0 Å².